The number of likely N-dealkylation sites (N-methyl/N-ethyl adjacent to an activating group) is 1. The van der Waals surface area contributed by atoms with Crippen molar-refractivity contribution in [2.75, 3.05) is 21.3 Å². The highest BCUT2D eigenvalue weighted by molar-refractivity contribution is 5.93. The average molecular weight is 238 g/mol. The molecular weight excluding hydrogens is 224 g/mol. The van der Waals surface area contributed by atoms with Gasteiger partial charge in [0.05, 0.1) is 14.2 Å². The molecule has 1 atom stereocenters. The van der Waals surface area contributed by atoms with Crippen molar-refractivity contribution in [3.05, 3.63) is 11.3 Å². The molecule has 1 heterocycles. The number of ether oxygens (including phenoxy) is 2. The van der Waals surface area contributed by atoms with E-state index in [0.717, 1.165) is 0 Å². The number of methoxy groups -OCH3 is 2. The van der Waals surface area contributed by atoms with Gasteiger partial charge < -0.3 is 14.4 Å². The minimum absolute atomic E-state index is 0.0543. The summed E-state index contributed by atoms with van der Waals surface area (Å²) in [5, 5.41) is 8.94. The van der Waals surface area contributed by atoms with Gasteiger partial charge in [0.2, 0.25) is 0 Å². The van der Waals surface area contributed by atoms with Gasteiger partial charge in [0, 0.05) is 12.7 Å². The van der Waals surface area contributed by atoms with E-state index in [1.807, 2.05) is 6.07 Å². The lowest BCUT2D eigenvalue weighted by atomic mass is 10.1. The molecule has 0 saturated carbocycles. The number of likely N-dealkylation sites (tertiary alicyclic amines) is 1. The number of allylic oxidation sites excluding steroid dienone is 1. The van der Waals surface area contributed by atoms with Crippen LogP contribution in [0.3, 0.4) is 0 Å². The molecule has 1 rings (SSSR count). The van der Waals surface area contributed by atoms with Crippen LogP contribution in [-0.2, 0) is 19.1 Å². The van der Waals surface area contributed by atoms with E-state index >= 15 is 0 Å². The predicted octanol–water partition coefficient (Wildman–Crippen LogP) is 0.204. The second kappa shape index (κ2) is 5.34. The summed E-state index contributed by atoms with van der Waals surface area (Å²) < 4.78 is 9.17. The van der Waals surface area contributed by atoms with Crippen LogP contribution in [0.15, 0.2) is 11.3 Å². The molecule has 0 amide bonds. The van der Waals surface area contributed by atoms with Gasteiger partial charge in [-0.15, -0.1) is 0 Å². The van der Waals surface area contributed by atoms with Gasteiger partial charge in [-0.25, -0.2) is 9.59 Å². The normalized spacial score (nSPS) is 21.8. The summed E-state index contributed by atoms with van der Waals surface area (Å²) in [4.78, 5) is 24.4. The van der Waals surface area contributed by atoms with Gasteiger partial charge in [-0.1, -0.05) is 0 Å². The second-order valence-electron chi connectivity index (χ2n) is 3.61. The Bertz CT molecular complexity index is 408. The molecule has 0 aromatic rings. The number of carbonyl (C=O) groups is 2. The minimum atomic E-state index is -0.681. The Labute approximate surface area is 99.4 Å². The zero-order valence-electron chi connectivity index (χ0n) is 10.0. The monoisotopic (exact) mass is 238 g/mol. The zero-order chi connectivity index (χ0) is 13.0. The number of hydrogen-bond donors (Lipinski definition) is 0. The molecule has 0 aliphatic carbocycles. The summed E-state index contributed by atoms with van der Waals surface area (Å²) in [5.74, 6) is -1.05. The average Bonchev–Trinajstić information content (AvgIpc) is 2.71. The van der Waals surface area contributed by atoms with Crippen molar-refractivity contribution < 1.29 is 19.1 Å². The summed E-state index contributed by atoms with van der Waals surface area (Å²) in [7, 11) is 4.18. The third-order valence-electron chi connectivity index (χ3n) is 2.81. The maximum atomic E-state index is 11.4. The molecule has 17 heavy (non-hydrogen) atoms. The second-order valence-corrected chi connectivity index (χ2v) is 3.61. The van der Waals surface area contributed by atoms with Crippen LogP contribution in [-0.4, -0.2) is 44.1 Å². The molecule has 0 bridgehead atoms. The molecule has 1 aliphatic rings. The molecule has 0 radical (unpaired) electrons. The van der Waals surface area contributed by atoms with Gasteiger partial charge in [-0.2, -0.15) is 5.26 Å². The summed E-state index contributed by atoms with van der Waals surface area (Å²) in [6.45, 7) is 0. The molecule has 6 heteroatoms. The van der Waals surface area contributed by atoms with Gasteiger partial charge in [-0.05, 0) is 12.8 Å². The topological polar surface area (TPSA) is 79.6 Å². The summed E-state index contributed by atoms with van der Waals surface area (Å²) in [6, 6.07) is 1.37. The third-order valence-corrected chi connectivity index (χ3v) is 2.81. The van der Waals surface area contributed by atoms with Crippen molar-refractivity contribution in [2.24, 2.45) is 0 Å². The highest BCUT2D eigenvalue weighted by Gasteiger charge is 2.35. The molecule has 92 valence electrons. The van der Waals surface area contributed by atoms with Gasteiger partial charge in [0.15, 0.2) is 5.57 Å². The molecule has 0 aromatic heterocycles. The van der Waals surface area contributed by atoms with Crippen molar-refractivity contribution >= 4 is 11.9 Å². The lowest BCUT2D eigenvalue weighted by molar-refractivity contribution is -0.145. The van der Waals surface area contributed by atoms with Crippen LogP contribution in [0.5, 0.6) is 0 Å². The Morgan fingerprint density at radius 2 is 2.06 bits per heavy atom. The summed E-state index contributed by atoms with van der Waals surface area (Å²) >= 11 is 0. The highest BCUT2D eigenvalue weighted by Crippen LogP contribution is 2.29. The van der Waals surface area contributed by atoms with Crippen LogP contribution in [0.2, 0.25) is 0 Å². The van der Waals surface area contributed by atoms with E-state index in [4.69, 9.17) is 5.26 Å². The Balaban J connectivity index is 3.03. The SMILES string of the molecule is COC(=O)/C(C#N)=C1/CCC(C(=O)OC)N1C. The molecule has 0 spiro atoms. The van der Waals surface area contributed by atoms with Gasteiger partial charge in [0.1, 0.15) is 12.1 Å². The van der Waals surface area contributed by atoms with Gasteiger partial charge in [-0.3, -0.25) is 0 Å². The van der Waals surface area contributed by atoms with Crippen LogP contribution in [0.1, 0.15) is 12.8 Å². The molecule has 1 fully saturated rings. The Kier molecular flexibility index (Phi) is 4.10. The molecule has 6 nitrogen and oxygen atoms in total. The van der Waals surface area contributed by atoms with Crippen molar-refractivity contribution in [3.8, 4) is 6.07 Å². The maximum absolute atomic E-state index is 11.4. The first kappa shape index (κ1) is 13.0. The summed E-state index contributed by atoms with van der Waals surface area (Å²) in [6.07, 6.45) is 1.01. The fourth-order valence-electron chi connectivity index (χ4n) is 1.87. The number of nitrogens with zero attached hydrogens (tertiary/aromatic N) is 2. The van der Waals surface area contributed by atoms with E-state index in [1.165, 1.54) is 14.2 Å². The lowest BCUT2D eigenvalue weighted by Crippen LogP contribution is -2.33. The fraction of sp³-hybridized carbons (Fsp3) is 0.545. The highest BCUT2D eigenvalue weighted by atomic mass is 16.5. The first-order valence-corrected chi connectivity index (χ1v) is 5.09. The van der Waals surface area contributed by atoms with E-state index < -0.39 is 12.0 Å². The van der Waals surface area contributed by atoms with E-state index in [1.54, 1.807) is 11.9 Å². The number of nitriles is 1. The van der Waals surface area contributed by atoms with Crippen LogP contribution >= 0.6 is 0 Å². The number of carbonyl (C=O) groups excluding carboxylic acids is 2. The van der Waals surface area contributed by atoms with E-state index in [9.17, 15) is 9.59 Å². The van der Waals surface area contributed by atoms with Crippen molar-refractivity contribution in [1.82, 2.24) is 4.90 Å². The van der Waals surface area contributed by atoms with E-state index in [-0.39, 0.29) is 11.5 Å². The number of esters is 2. The van der Waals surface area contributed by atoms with Crippen LogP contribution in [0.25, 0.3) is 0 Å². The van der Waals surface area contributed by atoms with Crippen LogP contribution in [0.4, 0.5) is 0 Å². The molecule has 1 unspecified atom stereocenters. The first-order valence-electron chi connectivity index (χ1n) is 5.09. The minimum Gasteiger partial charge on any atom is -0.467 e. The lowest BCUT2D eigenvalue weighted by Gasteiger charge is -2.21. The molecule has 1 saturated heterocycles. The molecule has 1 aliphatic heterocycles. The number of rotatable bonds is 2. The third kappa shape index (κ3) is 2.38. The fourth-order valence-corrected chi connectivity index (χ4v) is 1.87. The largest absolute Gasteiger partial charge is 0.467 e. The van der Waals surface area contributed by atoms with E-state index in [0.29, 0.717) is 18.5 Å². The smallest absolute Gasteiger partial charge is 0.350 e. The van der Waals surface area contributed by atoms with Crippen molar-refractivity contribution in [2.45, 2.75) is 18.9 Å². The maximum Gasteiger partial charge on any atom is 0.350 e. The quantitative estimate of drug-likeness (QED) is 0.388. The standard InChI is InChI=1S/C11H14N2O4/c1-13-8(7(6-12)10(14)16-2)4-5-9(13)11(15)17-3/h9H,4-5H2,1-3H3/b8-7-. The van der Waals surface area contributed by atoms with Crippen molar-refractivity contribution in [3.63, 3.8) is 0 Å². The summed E-state index contributed by atoms with van der Waals surface area (Å²) in [5.41, 5.74) is 0.469. The molecular formula is C11H14N2O4. The molecule has 0 N–H and O–H groups in total. The van der Waals surface area contributed by atoms with Crippen molar-refractivity contribution in [1.29, 1.82) is 5.26 Å². The van der Waals surface area contributed by atoms with Crippen LogP contribution < -0.4 is 0 Å². The Hall–Kier alpha value is -2.03. The molecule has 0 aromatic carbocycles. The zero-order valence-corrected chi connectivity index (χ0v) is 10.0. The Morgan fingerprint density at radius 1 is 1.41 bits per heavy atom. The van der Waals surface area contributed by atoms with Crippen LogP contribution in [0, 0.1) is 11.3 Å². The van der Waals surface area contributed by atoms with Gasteiger partial charge in [0.25, 0.3) is 0 Å². The number of hydrogen-bond acceptors (Lipinski definition) is 6. The predicted molar refractivity (Wildman–Crippen MR) is 57.5 cm³/mol. The van der Waals surface area contributed by atoms with Gasteiger partial charge >= 0.3 is 11.9 Å². The van der Waals surface area contributed by atoms with E-state index in [2.05, 4.69) is 9.47 Å². The first-order chi connectivity index (χ1) is 8.06. The Morgan fingerprint density at radius 3 is 2.53 bits per heavy atom.